The second-order valence-electron chi connectivity index (χ2n) is 6.86. The Hall–Kier alpha value is -2.62. The molecule has 0 unspecified atom stereocenters. The van der Waals surface area contributed by atoms with Gasteiger partial charge in [0.05, 0.1) is 0 Å². The molecule has 0 spiro atoms. The van der Waals surface area contributed by atoms with Crippen molar-refractivity contribution >= 4 is 23.2 Å². The number of hydrogen-bond donors (Lipinski definition) is 2. The van der Waals surface area contributed by atoms with E-state index >= 15 is 0 Å². The van der Waals surface area contributed by atoms with Crippen LogP contribution in [0.15, 0.2) is 42.5 Å². The van der Waals surface area contributed by atoms with Crippen LogP contribution in [0, 0.1) is 19.3 Å². The molecule has 4 heteroatoms. The van der Waals surface area contributed by atoms with Gasteiger partial charge < -0.3 is 10.6 Å². The molecule has 0 saturated heterocycles. The highest BCUT2D eigenvalue weighted by Crippen LogP contribution is 2.25. The van der Waals surface area contributed by atoms with Crippen LogP contribution in [0.3, 0.4) is 0 Å². The van der Waals surface area contributed by atoms with Crippen LogP contribution in [0.5, 0.6) is 0 Å². The van der Waals surface area contributed by atoms with Crippen molar-refractivity contribution in [2.24, 2.45) is 5.41 Å². The third-order valence-corrected chi connectivity index (χ3v) is 4.42. The molecular weight excluding hydrogens is 312 g/mol. The molecule has 0 radical (unpaired) electrons. The zero-order valence-electron chi connectivity index (χ0n) is 15.6. The van der Waals surface area contributed by atoms with E-state index in [2.05, 4.69) is 10.6 Å². The van der Waals surface area contributed by atoms with Gasteiger partial charge in [-0.15, -0.1) is 0 Å². The lowest BCUT2D eigenvalue weighted by atomic mass is 9.90. The maximum atomic E-state index is 12.7. The van der Waals surface area contributed by atoms with Gasteiger partial charge in [0.25, 0.3) is 0 Å². The van der Waals surface area contributed by atoms with E-state index < -0.39 is 5.41 Å². The lowest BCUT2D eigenvalue weighted by molar-refractivity contribution is -0.135. The van der Waals surface area contributed by atoms with Crippen molar-refractivity contribution in [3.8, 4) is 0 Å². The number of anilines is 2. The second-order valence-corrected chi connectivity index (χ2v) is 6.86. The minimum Gasteiger partial charge on any atom is -0.325 e. The highest BCUT2D eigenvalue weighted by atomic mass is 16.2. The SMILES string of the molecule is CCc1ccccc1NC(=O)C(C)(C)C(=O)Nc1cc(C)ccc1C. The first-order valence-corrected chi connectivity index (χ1v) is 8.53. The Kier molecular flexibility index (Phi) is 5.62. The number of carbonyl (C=O) groups is 2. The summed E-state index contributed by atoms with van der Waals surface area (Å²) in [6.07, 6.45) is 0.811. The van der Waals surface area contributed by atoms with Crippen molar-refractivity contribution in [1.82, 2.24) is 0 Å². The van der Waals surface area contributed by atoms with Gasteiger partial charge in [-0.3, -0.25) is 9.59 Å². The molecule has 0 heterocycles. The second kappa shape index (κ2) is 7.51. The van der Waals surface area contributed by atoms with Gasteiger partial charge in [-0.25, -0.2) is 0 Å². The summed E-state index contributed by atoms with van der Waals surface area (Å²) in [6.45, 7) is 9.20. The highest BCUT2D eigenvalue weighted by molar-refractivity contribution is 6.14. The van der Waals surface area contributed by atoms with Crippen LogP contribution in [0.4, 0.5) is 11.4 Å². The maximum Gasteiger partial charge on any atom is 0.239 e. The van der Waals surface area contributed by atoms with E-state index in [-0.39, 0.29) is 11.8 Å². The number of carbonyl (C=O) groups excluding carboxylic acids is 2. The Labute approximate surface area is 149 Å². The van der Waals surface area contributed by atoms with E-state index in [1.165, 1.54) is 0 Å². The first-order valence-electron chi connectivity index (χ1n) is 8.53. The van der Waals surface area contributed by atoms with Gasteiger partial charge in [-0.2, -0.15) is 0 Å². The van der Waals surface area contributed by atoms with E-state index in [0.29, 0.717) is 0 Å². The number of amides is 2. The Morgan fingerprint density at radius 1 is 0.920 bits per heavy atom. The van der Waals surface area contributed by atoms with Crippen LogP contribution in [0.2, 0.25) is 0 Å². The minimum absolute atomic E-state index is 0.323. The lowest BCUT2D eigenvalue weighted by Crippen LogP contribution is -2.41. The fraction of sp³-hybridized carbons (Fsp3) is 0.333. The van der Waals surface area contributed by atoms with E-state index in [0.717, 1.165) is 34.5 Å². The van der Waals surface area contributed by atoms with Gasteiger partial charge in [0, 0.05) is 11.4 Å². The first kappa shape index (κ1) is 18.7. The molecule has 2 rings (SSSR count). The van der Waals surface area contributed by atoms with Crippen molar-refractivity contribution in [3.05, 3.63) is 59.2 Å². The summed E-state index contributed by atoms with van der Waals surface area (Å²) in [5, 5.41) is 5.78. The third kappa shape index (κ3) is 4.27. The molecule has 0 aliphatic rings. The van der Waals surface area contributed by atoms with Crippen LogP contribution in [-0.4, -0.2) is 11.8 Å². The van der Waals surface area contributed by atoms with Crippen LogP contribution >= 0.6 is 0 Å². The largest absolute Gasteiger partial charge is 0.325 e. The fourth-order valence-electron chi connectivity index (χ4n) is 2.48. The summed E-state index contributed by atoms with van der Waals surface area (Å²) in [5.74, 6) is -0.649. The quantitative estimate of drug-likeness (QED) is 0.790. The van der Waals surface area contributed by atoms with Crippen molar-refractivity contribution in [3.63, 3.8) is 0 Å². The van der Waals surface area contributed by atoms with E-state index in [9.17, 15) is 9.59 Å². The highest BCUT2D eigenvalue weighted by Gasteiger charge is 2.36. The Bertz CT molecular complexity index is 794. The van der Waals surface area contributed by atoms with Crippen molar-refractivity contribution in [2.45, 2.75) is 41.0 Å². The first-order chi connectivity index (χ1) is 11.8. The summed E-state index contributed by atoms with van der Waals surface area (Å²) in [5.41, 5.74) is 3.35. The molecule has 4 nitrogen and oxygen atoms in total. The zero-order valence-corrected chi connectivity index (χ0v) is 15.6. The molecule has 0 aliphatic carbocycles. The van der Waals surface area contributed by atoms with Crippen LogP contribution in [0.25, 0.3) is 0 Å². The smallest absolute Gasteiger partial charge is 0.239 e. The van der Waals surface area contributed by atoms with Gasteiger partial charge in [0.2, 0.25) is 11.8 Å². The van der Waals surface area contributed by atoms with Crippen LogP contribution in [-0.2, 0) is 16.0 Å². The van der Waals surface area contributed by atoms with Gasteiger partial charge in [-0.1, -0.05) is 37.3 Å². The predicted molar refractivity (Wildman–Crippen MR) is 103 cm³/mol. The lowest BCUT2D eigenvalue weighted by Gasteiger charge is -2.24. The molecule has 2 N–H and O–H groups in total. The molecular formula is C21H26N2O2. The van der Waals surface area contributed by atoms with E-state index in [1.807, 2.05) is 63.2 Å². The summed E-state index contributed by atoms with van der Waals surface area (Å²) in [7, 11) is 0. The molecule has 2 amide bonds. The summed E-state index contributed by atoms with van der Waals surface area (Å²) < 4.78 is 0. The van der Waals surface area contributed by atoms with Crippen molar-refractivity contribution in [1.29, 1.82) is 0 Å². The van der Waals surface area contributed by atoms with E-state index in [4.69, 9.17) is 0 Å². The molecule has 2 aromatic carbocycles. The third-order valence-electron chi connectivity index (χ3n) is 4.42. The Morgan fingerprint density at radius 3 is 2.16 bits per heavy atom. The van der Waals surface area contributed by atoms with Crippen molar-refractivity contribution < 1.29 is 9.59 Å². The molecule has 0 atom stereocenters. The van der Waals surface area contributed by atoms with Crippen LogP contribution < -0.4 is 10.6 Å². The molecule has 0 aromatic heterocycles. The maximum absolute atomic E-state index is 12.7. The number of hydrogen-bond acceptors (Lipinski definition) is 2. The number of aryl methyl sites for hydroxylation is 3. The topological polar surface area (TPSA) is 58.2 Å². The zero-order chi connectivity index (χ0) is 18.6. The molecule has 132 valence electrons. The summed E-state index contributed by atoms with van der Waals surface area (Å²) >= 11 is 0. The number of benzene rings is 2. The average Bonchev–Trinajstić information content (AvgIpc) is 2.58. The molecule has 25 heavy (non-hydrogen) atoms. The molecule has 0 saturated carbocycles. The molecule has 0 fully saturated rings. The van der Waals surface area contributed by atoms with Gasteiger partial charge in [-0.05, 0) is 62.9 Å². The Morgan fingerprint density at radius 2 is 1.52 bits per heavy atom. The molecule has 2 aromatic rings. The molecule has 0 bridgehead atoms. The normalized spacial score (nSPS) is 11.1. The predicted octanol–water partition coefficient (Wildman–Crippen LogP) is 4.47. The summed E-state index contributed by atoms with van der Waals surface area (Å²) in [6, 6.07) is 13.5. The van der Waals surface area contributed by atoms with E-state index in [1.54, 1.807) is 13.8 Å². The minimum atomic E-state index is -1.20. The van der Waals surface area contributed by atoms with Gasteiger partial charge >= 0.3 is 0 Å². The number of para-hydroxylation sites is 1. The van der Waals surface area contributed by atoms with Gasteiger partial charge in [0.15, 0.2) is 0 Å². The number of rotatable bonds is 5. The molecule has 0 aliphatic heterocycles. The standard InChI is InChI=1S/C21H26N2O2/c1-6-16-9-7-8-10-17(16)22-19(24)21(4,5)20(25)23-18-13-14(2)11-12-15(18)3/h7-13H,6H2,1-5H3,(H,22,24)(H,23,25). The average molecular weight is 338 g/mol. The summed E-state index contributed by atoms with van der Waals surface area (Å²) in [4.78, 5) is 25.4. The fourth-order valence-corrected chi connectivity index (χ4v) is 2.48. The monoisotopic (exact) mass is 338 g/mol. The van der Waals surface area contributed by atoms with Crippen LogP contribution in [0.1, 0.15) is 37.5 Å². The van der Waals surface area contributed by atoms with Gasteiger partial charge in [0.1, 0.15) is 5.41 Å². The Balaban J connectivity index is 2.17. The number of nitrogens with one attached hydrogen (secondary N) is 2. The van der Waals surface area contributed by atoms with Crippen molar-refractivity contribution in [2.75, 3.05) is 10.6 Å².